The fourth-order valence-electron chi connectivity index (χ4n) is 2.28. The van der Waals surface area contributed by atoms with Gasteiger partial charge in [-0.2, -0.15) is 13.2 Å². The molecular formula is C18H18ClF3N2O2. The van der Waals surface area contributed by atoms with Crippen molar-refractivity contribution < 1.29 is 22.7 Å². The van der Waals surface area contributed by atoms with E-state index in [1.54, 1.807) is 32.2 Å². The van der Waals surface area contributed by atoms with Crippen LogP contribution in [0.5, 0.6) is 0 Å². The van der Waals surface area contributed by atoms with E-state index in [4.69, 9.17) is 16.3 Å². The van der Waals surface area contributed by atoms with Crippen LogP contribution in [0.3, 0.4) is 0 Å². The maximum atomic E-state index is 12.6. The number of carbonyl (C=O) groups excluding carboxylic acids is 1. The summed E-state index contributed by atoms with van der Waals surface area (Å²) in [6.07, 6.45) is -4.94. The first-order chi connectivity index (χ1) is 12.2. The van der Waals surface area contributed by atoms with Gasteiger partial charge in [-0.25, -0.2) is 4.79 Å². The molecule has 0 atom stereocenters. The van der Waals surface area contributed by atoms with Crippen LogP contribution in [0.1, 0.15) is 18.1 Å². The van der Waals surface area contributed by atoms with E-state index >= 15 is 0 Å². The molecule has 0 bridgehead atoms. The molecule has 26 heavy (non-hydrogen) atoms. The van der Waals surface area contributed by atoms with Crippen LogP contribution in [0.25, 0.3) is 0 Å². The second-order valence-electron chi connectivity index (χ2n) is 5.56. The molecule has 0 heterocycles. The van der Waals surface area contributed by atoms with E-state index in [0.29, 0.717) is 17.3 Å². The summed E-state index contributed by atoms with van der Waals surface area (Å²) in [4.78, 5) is 13.3. The average molecular weight is 387 g/mol. The van der Waals surface area contributed by atoms with E-state index in [1.807, 2.05) is 4.90 Å². The highest BCUT2D eigenvalue weighted by atomic mass is 35.5. The molecule has 0 aliphatic heterocycles. The maximum absolute atomic E-state index is 12.6. The van der Waals surface area contributed by atoms with Gasteiger partial charge in [0.1, 0.15) is 0 Å². The molecule has 1 N–H and O–H groups in total. The van der Waals surface area contributed by atoms with Gasteiger partial charge < -0.3 is 9.64 Å². The number of nitrogens with zero attached hydrogens (tertiary/aromatic N) is 1. The van der Waals surface area contributed by atoms with Gasteiger partial charge in [0.15, 0.2) is 0 Å². The summed E-state index contributed by atoms with van der Waals surface area (Å²) in [6.45, 7) is 2.34. The number of amides is 1. The van der Waals surface area contributed by atoms with E-state index < -0.39 is 17.8 Å². The van der Waals surface area contributed by atoms with E-state index in [1.165, 1.54) is 12.1 Å². The molecule has 0 fully saturated rings. The minimum absolute atomic E-state index is 0.247. The Morgan fingerprint density at radius 3 is 2.38 bits per heavy atom. The fourth-order valence-corrected chi connectivity index (χ4v) is 2.51. The molecule has 0 aliphatic carbocycles. The zero-order chi connectivity index (χ0) is 19.3. The molecule has 2 aromatic rings. The summed E-state index contributed by atoms with van der Waals surface area (Å²) in [7, 11) is 1.79. The van der Waals surface area contributed by atoms with Gasteiger partial charge in [0.05, 0.1) is 22.9 Å². The molecule has 140 valence electrons. The Hall–Kier alpha value is -2.41. The Morgan fingerprint density at radius 1 is 1.19 bits per heavy atom. The van der Waals surface area contributed by atoms with Crippen molar-refractivity contribution in [2.75, 3.05) is 23.9 Å². The van der Waals surface area contributed by atoms with Crippen LogP contribution in [0.15, 0.2) is 42.5 Å². The van der Waals surface area contributed by atoms with Crippen LogP contribution in [0.4, 0.5) is 29.3 Å². The molecule has 0 aromatic heterocycles. The number of benzene rings is 2. The van der Waals surface area contributed by atoms with E-state index in [-0.39, 0.29) is 6.61 Å². The quantitative estimate of drug-likeness (QED) is 0.731. The van der Waals surface area contributed by atoms with Crippen LogP contribution in [-0.4, -0.2) is 19.7 Å². The number of anilines is 2. The minimum atomic E-state index is -4.35. The van der Waals surface area contributed by atoms with Gasteiger partial charge in [-0.05, 0) is 42.8 Å². The molecule has 0 unspecified atom stereocenters. The Morgan fingerprint density at radius 2 is 1.85 bits per heavy atom. The Bertz CT molecular complexity index is 764. The smallest absolute Gasteiger partial charge is 0.416 e. The second kappa shape index (κ2) is 8.31. The number of nitrogens with one attached hydrogen (secondary N) is 1. The van der Waals surface area contributed by atoms with Crippen LogP contribution < -0.4 is 10.2 Å². The normalized spacial score (nSPS) is 11.2. The van der Waals surface area contributed by atoms with E-state index in [0.717, 1.165) is 23.4 Å². The Balaban J connectivity index is 2.06. The molecule has 4 nitrogen and oxygen atoms in total. The molecular weight excluding hydrogens is 369 g/mol. The minimum Gasteiger partial charge on any atom is -0.450 e. The van der Waals surface area contributed by atoms with Crippen molar-refractivity contribution in [3.05, 3.63) is 58.6 Å². The molecule has 0 spiro atoms. The van der Waals surface area contributed by atoms with Crippen LogP contribution >= 0.6 is 11.6 Å². The third-order valence-corrected chi connectivity index (χ3v) is 3.92. The van der Waals surface area contributed by atoms with Crippen LogP contribution in [-0.2, 0) is 17.5 Å². The summed E-state index contributed by atoms with van der Waals surface area (Å²) in [5, 5.41) is 2.86. The predicted octanol–water partition coefficient (Wildman–Crippen LogP) is 5.56. The van der Waals surface area contributed by atoms with Gasteiger partial charge in [0.2, 0.25) is 0 Å². The first-order valence-corrected chi connectivity index (χ1v) is 8.19. The highest BCUT2D eigenvalue weighted by Gasteiger charge is 2.29. The molecule has 8 heteroatoms. The summed E-state index contributed by atoms with van der Waals surface area (Å²) < 4.78 is 42.6. The van der Waals surface area contributed by atoms with Crippen molar-refractivity contribution >= 4 is 29.1 Å². The van der Waals surface area contributed by atoms with E-state index in [2.05, 4.69) is 5.32 Å². The van der Waals surface area contributed by atoms with Gasteiger partial charge in [-0.3, -0.25) is 5.32 Å². The summed E-state index contributed by atoms with van der Waals surface area (Å²) in [5.41, 5.74) is 1.22. The second-order valence-corrected chi connectivity index (χ2v) is 5.97. The van der Waals surface area contributed by atoms with Gasteiger partial charge in [-0.1, -0.05) is 23.7 Å². The topological polar surface area (TPSA) is 41.6 Å². The molecule has 2 rings (SSSR count). The van der Waals surface area contributed by atoms with Crippen molar-refractivity contribution in [1.29, 1.82) is 0 Å². The SMILES string of the molecule is CCOC(=O)Nc1ccc(N(C)Cc2ccc(C(F)(F)F)cc2)cc1Cl. The molecule has 0 saturated carbocycles. The summed E-state index contributed by atoms with van der Waals surface area (Å²) in [5.74, 6) is 0. The summed E-state index contributed by atoms with van der Waals surface area (Å²) in [6, 6.07) is 10.0. The van der Waals surface area contributed by atoms with Crippen molar-refractivity contribution in [2.24, 2.45) is 0 Å². The highest BCUT2D eigenvalue weighted by molar-refractivity contribution is 6.34. The van der Waals surface area contributed by atoms with Crippen LogP contribution in [0.2, 0.25) is 5.02 Å². The largest absolute Gasteiger partial charge is 0.450 e. The number of rotatable bonds is 5. The van der Waals surface area contributed by atoms with Gasteiger partial charge in [-0.15, -0.1) is 0 Å². The van der Waals surface area contributed by atoms with Crippen molar-refractivity contribution in [1.82, 2.24) is 0 Å². The zero-order valence-corrected chi connectivity index (χ0v) is 15.0. The fraction of sp³-hybridized carbons (Fsp3) is 0.278. The molecule has 2 aromatic carbocycles. The molecule has 0 radical (unpaired) electrons. The number of hydrogen-bond acceptors (Lipinski definition) is 3. The van der Waals surface area contributed by atoms with Crippen LogP contribution in [0, 0.1) is 0 Å². The highest BCUT2D eigenvalue weighted by Crippen LogP contribution is 2.30. The average Bonchev–Trinajstić information content (AvgIpc) is 2.56. The lowest BCUT2D eigenvalue weighted by atomic mass is 10.1. The standard InChI is InChI=1S/C18H18ClF3N2O2/c1-3-26-17(25)23-16-9-8-14(10-15(16)19)24(2)11-12-4-6-13(7-5-12)18(20,21)22/h4-10H,3,11H2,1-2H3,(H,23,25). The number of carbonyl (C=O) groups is 1. The maximum Gasteiger partial charge on any atom is 0.416 e. The Labute approximate surface area is 154 Å². The number of alkyl halides is 3. The number of ether oxygens (including phenoxy) is 1. The van der Waals surface area contributed by atoms with Gasteiger partial charge in [0.25, 0.3) is 0 Å². The monoisotopic (exact) mass is 386 g/mol. The first kappa shape index (κ1) is 19.9. The molecule has 0 aliphatic rings. The number of halogens is 4. The van der Waals surface area contributed by atoms with Crippen molar-refractivity contribution in [3.8, 4) is 0 Å². The number of hydrogen-bond donors (Lipinski definition) is 1. The van der Waals surface area contributed by atoms with E-state index in [9.17, 15) is 18.0 Å². The zero-order valence-electron chi connectivity index (χ0n) is 14.2. The Kier molecular flexibility index (Phi) is 6.37. The van der Waals surface area contributed by atoms with Crippen molar-refractivity contribution in [3.63, 3.8) is 0 Å². The van der Waals surface area contributed by atoms with Gasteiger partial charge >= 0.3 is 12.3 Å². The summed E-state index contributed by atoms with van der Waals surface area (Å²) >= 11 is 6.17. The molecule has 0 saturated heterocycles. The predicted molar refractivity (Wildman–Crippen MR) is 95.6 cm³/mol. The lowest BCUT2D eigenvalue weighted by Gasteiger charge is -2.21. The lowest BCUT2D eigenvalue weighted by molar-refractivity contribution is -0.137. The molecule has 1 amide bonds. The third kappa shape index (κ3) is 5.29. The van der Waals surface area contributed by atoms with Crippen molar-refractivity contribution in [2.45, 2.75) is 19.6 Å². The first-order valence-electron chi connectivity index (χ1n) is 7.81. The lowest BCUT2D eigenvalue weighted by Crippen LogP contribution is -2.17. The van der Waals surface area contributed by atoms with Gasteiger partial charge in [0, 0.05) is 19.3 Å². The third-order valence-electron chi connectivity index (χ3n) is 3.61.